The van der Waals surface area contributed by atoms with Crippen molar-refractivity contribution < 1.29 is 29.3 Å². The zero-order chi connectivity index (χ0) is 28.3. The quantitative estimate of drug-likeness (QED) is 0.322. The maximum atomic E-state index is 14.4. The second-order valence-corrected chi connectivity index (χ2v) is 15.7. The van der Waals surface area contributed by atoms with E-state index < -0.39 is 28.6 Å². The van der Waals surface area contributed by atoms with Gasteiger partial charge >= 0.3 is 11.9 Å². The van der Waals surface area contributed by atoms with E-state index in [1.54, 1.807) is 0 Å². The third-order valence-corrected chi connectivity index (χ3v) is 13.5. The first-order chi connectivity index (χ1) is 17.3. The van der Waals surface area contributed by atoms with Crippen LogP contribution in [-0.2, 0) is 19.1 Å². The summed E-state index contributed by atoms with van der Waals surface area (Å²) in [4.78, 5) is 38.6. The molecule has 0 aliphatic heterocycles. The first-order valence-electron chi connectivity index (χ1n) is 14.7. The molecule has 0 saturated heterocycles. The summed E-state index contributed by atoms with van der Waals surface area (Å²) in [6.07, 6.45) is 8.82. The molecule has 5 rings (SSSR count). The van der Waals surface area contributed by atoms with Crippen molar-refractivity contribution in [2.45, 2.75) is 119 Å². The second kappa shape index (κ2) is 7.95. The van der Waals surface area contributed by atoms with E-state index in [0.717, 1.165) is 32.1 Å². The first kappa shape index (κ1) is 27.9. The van der Waals surface area contributed by atoms with Crippen LogP contribution < -0.4 is 0 Å². The Hall–Kier alpha value is -1.69. The number of hydrogen-bond acceptors (Lipinski definition) is 5. The summed E-state index contributed by atoms with van der Waals surface area (Å²) in [5, 5.41) is 21.6. The van der Waals surface area contributed by atoms with Crippen molar-refractivity contribution in [1.82, 2.24) is 0 Å². The van der Waals surface area contributed by atoms with Crippen LogP contribution in [0.25, 0.3) is 0 Å². The maximum Gasteiger partial charge on any atom is 0.309 e. The molecule has 0 heterocycles. The molecule has 0 aromatic carbocycles. The maximum absolute atomic E-state index is 14.4. The first-order valence-corrected chi connectivity index (χ1v) is 14.7. The van der Waals surface area contributed by atoms with E-state index in [2.05, 4.69) is 27.7 Å². The van der Waals surface area contributed by atoms with Crippen molar-refractivity contribution in [1.29, 1.82) is 0 Å². The number of hydrogen-bond donors (Lipinski definition) is 2. The van der Waals surface area contributed by atoms with Crippen LogP contribution in [0.4, 0.5) is 0 Å². The van der Waals surface area contributed by atoms with Gasteiger partial charge in [-0.05, 0) is 97.9 Å². The number of aliphatic carboxylic acids is 1. The monoisotopic (exact) mass is 528 g/mol. The van der Waals surface area contributed by atoms with Gasteiger partial charge in [-0.25, -0.2) is 0 Å². The van der Waals surface area contributed by atoms with Gasteiger partial charge in [0.2, 0.25) is 5.79 Å². The highest BCUT2D eigenvalue weighted by Crippen LogP contribution is 2.75. The molecule has 38 heavy (non-hydrogen) atoms. The lowest BCUT2D eigenvalue weighted by Crippen LogP contribution is -2.69. The molecule has 212 valence electrons. The number of fused-ring (bicyclic) bond motifs is 7. The third kappa shape index (κ3) is 3.31. The number of carbonyl (C=O) groups is 3. The van der Waals surface area contributed by atoms with Crippen LogP contribution in [0.2, 0.25) is 0 Å². The zero-order valence-corrected chi connectivity index (χ0v) is 24.7. The summed E-state index contributed by atoms with van der Waals surface area (Å²) >= 11 is 0. The number of aliphatic hydroxyl groups is 1. The van der Waals surface area contributed by atoms with Crippen LogP contribution >= 0.6 is 0 Å². The highest BCUT2D eigenvalue weighted by atomic mass is 16.7. The van der Waals surface area contributed by atoms with Crippen molar-refractivity contribution in [3.63, 3.8) is 0 Å². The van der Waals surface area contributed by atoms with Crippen LogP contribution in [0, 0.1) is 50.2 Å². The lowest BCUT2D eigenvalue weighted by Gasteiger charge is -2.71. The van der Waals surface area contributed by atoms with Gasteiger partial charge in [0.05, 0.1) is 5.41 Å². The molecule has 4 fully saturated rings. The average Bonchev–Trinajstić information content (AvgIpc) is 2.79. The number of carboxylic acids is 1. The van der Waals surface area contributed by atoms with E-state index in [4.69, 9.17) is 4.74 Å². The van der Waals surface area contributed by atoms with Crippen molar-refractivity contribution in [2.24, 2.45) is 50.2 Å². The molecule has 6 heteroatoms. The average molecular weight is 529 g/mol. The summed E-state index contributed by atoms with van der Waals surface area (Å²) in [6, 6.07) is 0. The normalized spacial score (nSPS) is 51.4. The molecular formula is C32H48O6. The number of rotatable bonds is 2. The summed E-state index contributed by atoms with van der Waals surface area (Å²) < 4.78 is 5.56. The van der Waals surface area contributed by atoms with Gasteiger partial charge in [-0.2, -0.15) is 0 Å². The van der Waals surface area contributed by atoms with Gasteiger partial charge in [0.25, 0.3) is 0 Å². The van der Waals surface area contributed by atoms with Gasteiger partial charge in [-0.15, -0.1) is 0 Å². The molecule has 0 radical (unpaired) electrons. The fraction of sp³-hybridized carbons (Fsp3) is 0.844. The molecule has 0 spiro atoms. The van der Waals surface area contributed by atoms with Gasteiger partial charge in [-0.1, -0.05) is 47.1 Å². The summed E-state index contributed by atoms with van der Waals surface area (Å²) in [7, 11) is 0. The summed E-state index contributed by atoms with van der Waals surface area (Å²) in [6.45, 7) is 16.5. The van der Waals surface area contributed by atoms with Crippen molar-refractivity contribution in [2.75, 3.05) is 0 Å². The van der Waals surface area contributed by atoms with Crippen molar-refractivity contribution in [3.05, 3.63) is 11.6 Å². The number of allylic oxidation sites excluding steroid dienone is 2. The van der Waals surface area contributed by atoms with E-state index in [1.165, 1.54) is 12.5 Å². The second-order valence-electron chi connectivity index (χ2n) is 15.7. The summed E-state index contributed by atoms with van der Waals surface area (Å²) in [5.74, 6) is -2.65. The van der Waals surface area contributed by atoms with Crippen LogP contribution in [0.1, 0.15) is 113 Å². The number of carbonyl (C=O) groups excluding carboxylic acids is 2. The Balaban J connectivity index is 1.59. The fourth-order valence-electron chi connectivity index (χ4n) is 10.7. The van der Waals surface area contributed by atoms with Gasteiger partial charge in [0, 0.05) is 24.7 Å². The fourth-order valence-corrected chi connectivity index (χ4v) is 10.7. The highest BCUT2D eigenvalue weighted by Gasteiger charge is 2.72. The lowest BCUT2D eigenvalue weighted by molar-refractivity contribution is -0.314. The molecule has 2 N–H and O–H groups in total. The van der Waals surface area contributed by atoms with Gasteiger partial charge in [-0.3, -0.25) is 14.4 Å². The molecule has 1 unspecified atom stereocenters. The van der Waals surface area contributed by atoms with Gasteiger partial charge in [0.15, 0.2) is 5.78 Å². The van der Waals surface area contributed by atoms with Crippen LogP contribution in [-0.4, -0.2) is 33.7 Å². The highest BCUT2D eigenvalue weighted by molar-refractivity contribution is 5.95. The molecule has 0 aromatic rings. The SMILES string of the molecule is CC(=O)O[C@@]1(O)CC[C@@]2(C)C(CC[C@]3(C)[C@@H]2C(=O)C=C2[C@@H]4C[C@@](C)(C(=O)O)CC[C@]4(C)CC[C@]23C)C1(C)C. The van der Waals surface area contributed by atoms with E-state index in [9.17, 15) is 24.6 Å². The van der Waals surface area contributed by atoms with E-state index in [0.29, 0.717) is 25.7 Å². The largest absolute Gasteiger partial charge is 0.481 e. The minimum Gasteiger partial charge on any atom is -0.481 e. The smallest absolute Gasteiger partial charge is 0.309 e. The minimum atomic E-state index is -1.55. The predicted octanol–water partition coefficient (Wildman–Crippen LogP) is 6.30. The van der Waals surface area contributed by atoms with E-state index in [-0.39, 0.29) is 45.2 Å². The standard InChI is InChI=1S/C32H48O6/c1-19(33)38-32(37)16-14-29(6)23(26(32,2)3)9-10-31(8)24(29)22(34)17-20-21-18-28(5,25(35)36)12-11-27(21,4)13-15-30(20,31)7/h17,21,23-24,37H,9-16,18H2,1-8H3,(H,35,36)/t21-,23?,24+,27+,28-,29-,30+,31+,32-/m0/s1. The lowest BCUT2D eigenvalue weighted by atomic mass is 9.33. The Morgan fingerprint density at radius 2 is 1.55 bits per heavy atom. The molecule has 0 aromatic heterocycles. The molecule has 5 aliphatic rings. The van der Waals surface area contributed by atoms with Crippen LogP contribution in [0.15, 0.2) is 11.6 Å². The Labute approximate surface area is 228 Å². The van der Waals surface area contributed by atoms with E-state index in [1.807, 2.05) is 26.8 Å². The Kier molecular flexibility index (Phi) is 5.83. The number of esters is 1. The minimum absolute atomic E-state index is 0.0208. The molecule has 5 aliphatic carbocycles. The van der Waals surface area contributed by atoms with Crippen LogP contribution in [0.5, 0.6) is 0 Å². The molecular weight excluding hydrogens is 480 g/mol. The predicted molar refractivity (Wildman–Crippen MR) is 144 cm³/mol. The number of ether oxygens (including phenoxy) is 1. The molecule has 0 bridgehead atoms. The van der Waals surface area contributed by atoms with E-state index >= 15 is 0 Å². The van der Waals surface area contributed by atoms with Gasteiger partial charge < -0.3 is 14.9 Å². The molecule has 4 saturated carbocycles. The van der Waals surface area contributed by atoms with Crippen LogP contribution in [0.3, 0.4) is 0 Å². The van der Waals surface area contributed by atoms with Crippen molar-refractivity contribution >= 4 is 17.7 Å². The zero-order valence-electron chi connectivity index (χ0n) is 24.7. The van der Waals surface area contributed by atoms with Crippen molar-refractivity contribution in [3.8, 4) is 0 Å². The molecule has 6 nitrogen and oxygen atoms in total. The Bertz CT molecular complexity index is 1120. The molecule has 9 atom stereocenters. The number of ketones is 1. The molecule has 0 amide bonds. The Morgan fingerprint density at radius 1 is 0.921 bits per heavy atom. The summed E-state index contributed by atoms with van der Waals surface area (Å²) in [5.41, 5.74) is -1.01. The van der Waals surface area contributed by atoms with Gasteiger partial charge in [0.1, 0.15) is 0 Å². The Morgan fingerprint density at radius 3 is 2.16 bits per heavy atom. The third-order valence-electron chi connectivity index (χ3n) is 13.5. The number of carboxylic acid groups (broad SMARTS) is 1. The topological polar surface area (TPSA) is 101 Å².